The van der Waals surface area contributed by atoms with Crippen molar-refractivity contribution >= 4 is 29.3 Å². The number of carbonyl (C=O) groups is 1. The number of ether oxygens (including phenoxy) is 1. The van der Waals surface area contributed by atoms with Crippen LogP contribution in [0, 0.1) is 17.1 Å². The predicted octanol–water partition coefficient (Wildman–Crippen LogP) is 2.43. The van der Waals surface area contributed by atoms with E-state index in [-0.39, 0.29) is 29.3 Å². The maximum atomic E-state index is 15.2. The lowest BCUT2D eigenvalue weighted by Crippen LogP contribution is -2.34. The molecule has 0 saturated carbocycles. The zero-order valence-electron chi connectivity index (χ0n) is 15.9. The van der Waals surface area contributed by atoms with Crippen LogP contribution in [-0.2, 0) is 11.3 Å². The molecule has 0 bridgehead atoms. The van der Waals surface area contributed by atoms with Crippen molar-refractivity contribution in [1.29, 1.82) is 5.26 Å². The summed E-state index contributed by atoms with van der Waals surface area (Å²) in [7, 11) is 0. The highest BCUT2D eigenvalue weighted by Gasteiger charge is 2.27. The molecule has 9 nitrogen and oxygen atoms in total. The first-order valence-electron chi connectivity index (χ1n) is 9.09. The van der Waals surface area contributed by atoms with Gasteiger partial charge in [-0.15, -0.1) is 4.99 Å². The summed E-state index contributed by atoms with van der Waals surface area (Å²) < 4.78 is 20.0. The summed E-state index contributed by atoms with van der Waals surface area (Å²) in [5.41, 5.74) is 10.7. The van der Waals surface area contributed by atoms with Crippen LogP contribution in [0.2, 0.25) is 5.02 Å². The number of nitrogens with two attached hydrogens (primary N) is 2. The number of amides is 1. The highest BCUT2D eigenvalue weighted by molar-refractivity contribution is 6.30. The van der Waals surface area contributed by atoms with Gasteiger partial charge in [-0.3, -0.25) is 0 Å². The second kappa shape index (κ2) is 9.37. The second-order valence-electron chi connectivity index (χ2n) is 6.66. The van der Waals surface area contributed by atoms with E-state index < -0.39 is 17.9 Å². The first kappa shape index (κ1) is 21.3. The molecule has 1 fully saturated rings. The fourth-order valence-corrected chi connectivity index (χ4v) is 3.39. The van der Waals surface area contributed by atoms with Gasteiger partial charge in [0.05, 0.1) is 16.3 Å². The molecule has 0 unspecified atom stereocenters. The third kappa shape index (κ3) is 4.93. The molecule has 1 amide bonds. The number of benzene rings is 1. The van der Waals surface area contributed by atoms with Crippen molar-refractivity contribution in [3.63, 3.8) is 0 Å². The van der Waals surface area contributed by atoms with Gasteiger partial charge >= 0.3 is 6.09 Å². The van der Waals surface area contributed by atoms with E-state index in [1.54, 1.807) is 12.4 Å². The number of halogens is 2. The summed E-state index contributed by atoms with van der Waals surface area (Å²) in [6, 6.07) is 4.91. The number of anilines is 1. The summed E-state index contributed by atoms with van der Waals surface area (Å²) >= 11 is 5.83. The maximum absolute atomic E-state index is 15.2. The van der Waals surface area contributed by atoms with Gasteiger partial charge in [-0.1, -0.05) is 17.7 Å². The van der Waals surface area contributed by atoms with Gasteiger partial charge < -0.3 is 21.1 Å². The van der Waals surface area contributed by atoms with E-state index in [9.17, 15) is 10.1 Å². The van der Waals surface area contributed by atoms with Gasteiger partial charge in [0.25, 0.3) is 0 Å². The number of carbonyl (C=O) groups excluding carboxylic acids is 1. The van der Waals surface area contributed by atoms with Gasteiger partial charge in [0.1, 0.15) is 18.5 Å². The molecule has 2 heterocycles. The van der Waals surface area contributed by atoms with Crippen molar-refractivity contribution in [2.24, 2.45) is 16.5 Å². The zero-order valence-corrected chi connectivity index (χ0v) is 16.6. The molecule has 1 aromatic heterocycles. The molecule has 2 aromatic rings. The molecular weight excluding hydrogens is 413 g/mol. The van der Waals surface area contributed by atoms with Gasteiger partial charge in [-0.05, 0) is 18.9 Å². The number of guanidine groups is 1. The van der Waals surface area contributed by atoms with Gasteiger partial charge in [-0.2, -0.15) is 5.26 Å². The highest BCUT2D eigenvalue weighted by atomic mass is 35.5. The highest BCUT2D eigenvalue weighted by Crippen LogP contribution is 2.33. The van der Waals surface area contributed by atoms with Gasteiger partial charge in [-0.25, -0.2) is 19.2 Å². The number of nitrogens with zero attached hydrogens (tertiary/aromatic N) is 5. The van der Waals surface area contributed by atoms with Gasteiger partial charge in [0.2, 0.25) is 0 Å². The van der Waals surface area contributed by atoms with Crippen molar-refractivity contribution in [3.05, 3.63) is 52.3 Å². The quantitative estimate of drug-likeness (QED) is 0.554. The number of piperidine rings is 1. The van der Waals surface area contributed by atoms with E-state index in [4.69, 9.17) is 27.8 Å². The lowest BCUT2D eigenvalue weighted by atomic mass is 9.94. The fourth-order valence-electron chi connectivity index (χ4n) is 3.29. The molecule has 0 spiro atoms. The third-order valence-electron chi connectivity index (χ3n) is 4.70. The molecule has 0 aliphatic carbocycles. The Morgan fingerprint density at radius 3 is 2.60 bits per heavy atom. The number of hydrogen-bond donors (Lipinski definition) is 2. The summed E-state index contributed by atoms with van der Waals surface area (Å²) in [6.45, 7) is 0.661. The van der Waals surface area contributed by atoms with Crippen LogP contribution in [-0.4, -0.2) is 35.1 Å². The summed E-state index contributed by atoms with van der Waals surface area (Å²) in [6.07, 6.45) is 3.46. The molecular formula is C19H19ClFN7O2. The van der Waals surface area contributed by atoms with E-state index in [0.29, 0.717) is 36.8 Å². The Morgan fingerprint density at radius 2 is 2.00 bits per heavy atom. The largest absolute Gasteiger partial charge is 0.443 e. The molecule has 3 rings (SSSR count). The van der Waals surface area contributed by atoms with Crippen LogP contribution in [0.4, 0.5) is 14.9 Å². The maximum Gasteiger partial charge on any atom is 0.437 e. The number of rotatable bonds is 4. The van der Waals surface area contributed by atoms with Crippen molar-refractivity contribution < 1.29 is 13.9 Å². The van der Waals surface area contributed by atoms with Gasteiger partial charge in [0, 0.05) is 37.0 Å². The lowest BCUT2D eigenvalue weighted by molar-refractivity contribution is 0.149. The van der Waals surface area contributed by atoms with Crippen LogP contribution in [0.15, 0.2) is 29.5 Å². The number of nitriles is 1. The van der Waals surface area contributed by atoms with E-state index in [2.05, 4.69) is 15.0 Å². The fraction of sp³-hybridized carbons (Fsp3) is 0.316. The van der Waals surface area contributed by atoms with E-state index >= 15 is 4.39 Å². The van der Waals surface area contributed by atoms with Crippen LogP contribution in [0.3, 0.4) is 0 Å². The number of hydrogen-bond acceptors (Lipinski definition) is 6. The average molecular weight is 432 g/mol. The molecule has 1 aromatic carbocycles. The number of aromatic nitrogens is 2. The first-order chi connectivity index (χ1) is 14.4. The van der Waals surface area contributed by atoms with E-state index in [0.717, 1.165) is 0 Å². The topological polar surface area (TPSA) is 144 Å². The van der Waals surface area contributed by atoms with Crippen molar-refractivity contribution in [3.8, 4) is 6.07 Å². The normalized spacial score (nSPS) is 14.1. The Balaban J connectivity index is 1.75. The van der Waals surface area contributed by atoms with E-state index in [1.807, 2.05) is 11.0 Å². The minimum absolute atomic E-state index is 0.117. The third-order valence-corrected chi connectivity index (χ3v) is 4.90. The summed E-state index contributed by atoms with van der Waals surface area (Å²) in [4.78, 5) is 25.0. The molecule has 4 N–H and O–H groups in total. The molecule has 1 saturated heterocycles. The SMILES string of the molecule is N#Cc1ccc(COC(=O)N=C(N)N)c(F)c1N1CCC(c2ncc(Cl)cn2)CC1. The first-order valence-corrected chi connectivity index (χ1v) is 9.47. The predicted molar refractivity (Wildman–Crippen MR) is 108 cm³/mol. The number of aliphatic imine (C=N–C) groups is 1. The Hall–Kier alpha value is -3.45. The lowest BCUT2D eigenvalue weighted by Gasteiger charge is -2.34. The molecule has 30 heavy (non-hydrogen) atoms. The van der Waals surface area contributed by atoms with Gasteiger partial charge in [0.15, 0.2) is 11.8 Å². The van der Waals surface area contributed by atoms with Crippen molar-refractivity contribution in [2.45, 2.75) is 25.4 Å². The van der Waals surface area contributed by atoms with Crippen LogP contribution >= 0.6 is 11.6 Å². The minimum Gasteiger partial charge on any atom is -0.443 e. The van der Waals surface area contributed by atoms with Crippen molar-refractivity contribution in [1.82, 2.24) is 9.97 Å². The molecule has 0 atom stereocenters. The van der Waals surface area contributed by atoms with Crippen LogP contribution in [0.5, 0.6) is 0 Å². The minimum atomic E-state index is -1.02. The standard InChI is InChI=1S/C19H19ClFN7O2/c20-14-8-25-17(26-9-14)11-3-5-28(6-4-11)16-12(7-22)1-2-13(15(16)21)10-30-19(29)27-18(23)24/h1-2,8-9,11H,3-6,10H2,(H4,23,24,27,29). The summed E-state index contributed by atoms with van der Waals surface area (Å²) in [5.74, 6) is -0.252. The Kier molecular flexibility index (Phi) is 6.64. The Bertz CT molecular complexity index is 995. The molecule has 0 radical (unpaired) electrons. The molecule has 1 aliphatic heterocycles. The Morgan fingerprint density at radius 1 is 1.33 bits per heavy atom. The van der Waals surface area contributed by atoms with Crippen molar-refractivity contribution in [2.75, 3.05) is 18.0 Å². The summed E-state index contributed by atoms with van der Waals surface area (Å²) in [5, 5.41) is 9.90. The molecule has 156 valence electrons. The Labute approximate surface area is 177 Å². The van der Waals surface area contributed by atoms with Crippen LogP contribution in [0.25, 0.3) is 0 Å². The van der Waals surface area contributed by atoms with Crippen LogP contribution in [0.1, 0.15) is 35.7 Å². The molecule has 11 heteroatoms. The van der Waals surface area contributed by atoms with Crippen LogP contribution < -0.4 is 16.4 Å². The monoisotopic (exact) mass is 431 g/mol. The second-order valence-corrected chi connectivity index (χ2v) is 7.10. The zero-order chi connectivity index (χ0) is 21.7. The van der Waals surface area contributed by atoms with E-state index in [1.165, 1.54) is 12.1 Å². The average Bonchev–Trinajstić information content (AvgIpc) is 2.73. The molecule has 1 aliphatic rings. The smallest absolute Gasteiger partial charge is 0.437 e.